The summed E-state index contributed by atoms with van der Waals surface area (Å²) in [5.41, 5.74) is 2.71. The van der Waals surface area contributed by atoms with Crippen LogP contribution in [0.25, 0.3) is 0 Å². The molecule has 2 rings (SSSR count). The summed E-state index contributed by atoms with van der Waals surface area (Å²) >= 11 is 0. The summed E-state index contributed by atoms with van der Waals surface area (Å²) in [4.78, 5) is 25.9. The molecule has 0 aliphatic rings. The molecule has 2 aromatic carbocycles. The Morgan fingerprint density at radius 2 is 1.56 bits per heavy atom. The molecule has 1 unspecified atom stereocenters. The topological polar surface area (TPSA) is 58.6 Å². The molecule has 0 aliphatic carbocycles. The number of nitrogens with one attached hydrogen (secondary N) is 1. The fraction of sp³-hybridized carbons (Fsp3) is 0.364. The van der Waals surface area contributed by atoms with Crippen LogP contribution in [0, 0.1) is 0 Å². The second kappa shape index (κ2) is 9.21. The van der Waals surface area contributed by atoms with Crippen molar-refractivity contribution in [1.29, 1.82) is 0 Å². The van der Waals surface area contributed by atoms with Crippen molar-refractivity contribution in [2.45, 2.75) is 32.7 Å². The number of benzene rings is 2. The summed E-state index contributed by atoms with van der Waals surface area (Å²) in [6.07, 6.45) is 0. The first-order valence-corrected chi connectivity index (χ1v) is 9.12. The van der Waals surface area contributed by atoms with Gasteiger partial charge in [-0.2, -0.15) is 0 Å². The van der Waals surface area contributed by atoms with Gasteiger partial charge in [-0.15, -0.1) is 0 Å². The quantitative estimate of drug-likeness (QED) is 0.809. The fourth-order valence-electron chi connectivity index (χ4n) is 2.58. The highest BCUT2D eigenvalue weighted by atomic mass is 16.5. The molecule has 1 atom stereocenters. The lowest BCUT2D eigenvalue weighted by molar-refractivity contribution is -0.130. The SMILES string of the molecule is CC(C)c1ccc(C(C)NC(=O)c2ccccc2OCC(=O)N(C)C)cc1. The van der Waals surface area contributed by atoms with Crippen molar-refractivity contribution in [3.05, 3.63) is 65.2 Å². The Hall–Kier alpha value is -2.82. The minimum atomic E-state index is -0.233. The van der Waals surface area contributed by atoms with E-state index in [2.05, 4.69) is 31.3 Å². The molecule has 0 spiro atoms. The number of carbonyl (C=O) groups is 2. The molecule has 5 nitrogen and oxygen atoms in total. The van der Waals surface area contributed by atoms with Crippen molar-refractivity contribution in [3.63, 3.8) is 0 Å². The predicted octanol–water partition coefficient (Wildman–Crippen LogP) is 3.77. The number of carbonyl (C=O) groups excluding carboxylic acids is 2. The van der Waals surface area contributed by atoms with Crippen molar-refractivity contribution in [1.82, 2.24) is 10.2 Å². The largest absolute Gasteiger partial charge is 0.483 e. The van der Waals surface area contributed by atoms with Gasteiger partial charge in [0, 0.05) is 14.1 Å². The van der Waals surface area contributed by atoms with Crippen LogP contribution in [0.5, 0.6) is 5.75 Å². The highest BCUT2D eigenvalue weighted by molar-refractivity contribution is 5.97. The maximum atomic E-state index is 12.7. The molecule has 0 aliphatic heterocycles. The summed E-state index contributed by atoms with van der Waals surface area (Å²) in [7, 11) is 3.33. The van der Waals surface area contributed by atoms with Crippen LogP contribution in [0.3, 0.4) is 0 Å². The molecule has 2 amide bonds. The second-order valence-corrected chi connectivity index (χ2v) is 7.09. The number of hydrogen-bond donors (Lipinski definition) is 1. The van der Waals surface area contributed by atoms with Crippen molar-refractivity contribution in [2.24, 2.45) is 0 Å². The molecule has 5 heteroatoms. The molecule has 0 saturated carbocycles. The van der Waals surface area contributed by atoms with Gasteiger partial charge in [-0.25, -0.2) is 0 Å². The average molecular weight is 368 g/mol. The van der Waals surface area contributed by atoms with Gasteiger partial charge >= 0.3 is 0 Å². The molecule has 0 saturated heterocycles. The molecule has 27 heavy (non-hydrogen) atoms. The van der Waals surface area contributed by atoms with E-state index in [4.69, 9.17) is 4.74 Å². The Labute approximate surface area is 161 Å². The van der Waals surface area contributed by atoms with E-state index in [0.29, 0.717) is 17.2 Å². The molecule has 144 valence electrons. The zero-order valence-electron chi connectivity index (χ0n) is 16.7. The van der Waals surface area contributed by atoms with Crippen LogP contribution in [0.4, 0.5) is 0 Å². The van der Waals surface area contributed by atoms with Gasteiger partial charge in [-0.1, -0.05) is 50.2 Å². The van der Waals surface area contributed by atoms with Gasteiger partial charge in [0.1, 0.15) is 5.75 Å². The molecular formula is C22H28N2O3. The van der Waals surface area contributed by atoms with E-state index in [-0.39, 0.29) is 24.5 Å². The lowest BCUT2D eigenvalue weighted by atomic mass is 9.99. The smallest absolute Gasteiger partial charge is 0.259 e. The molecule has 0 radical (unpaired) electrons. The Bertz CT molecular complexity index is 782. The van der Waals surface area contributed by atoms with Crippen LogP contribution in [-0.4, -0.2) is 37.4 Å². The Kier molecular flexibility index (Phi) is 6.99. The van der Waals surface area contributed by atoms with Gasteiger partial charge in [-0.05, 0) is 36.1 Å². The van der Waals surface area contributed by atoms with E-state index in [9.17, 15) is 9.59 Å². The number of nitrogens with zero attached hydrogens (tertiary/aromatic N) is 1. The second-order valence-electron chi connectivity index (χ2n) is 7.09. The third-order valence-corrected chi connectivity index (χ3v) is 4.43. The predicted molar refractivity (Wildman–Crippen MR) is 107 cm³/mol. The fourth-order valence-corrected chi connectivity index (χ4v) is 2.58. The van der Waals surface area contributed by atoms with Gasteiger partial charge in [0.25, 0.3) is 11.8 Å². The first-order chi connectivity index (χ1) is 12.8. The van der Waals surface area contributed by atoms with Crippen LogP contribution in [0.2, 0.25) is 0 Å². The van der Waals surface area contributed by atoms with Gasteiger partial charge in [0.2, 0.25) is 0 Å². The van der Waals surface area contributed by atoms with Crippen LogP contribution in [0.1, 0.15) is 54.2 Å². The third kappa shape index (κ3) is 5.58. The molecule has 0 fully saturated rings. The molecule has 0 bridgehead atoms. The Morgan fingerprint density at radius 1 is 0.963 bits per heavy atom. The van der Waals surface area contributed by atoms with E-state index in [0.717, 1.165) is 5.56 Å². The van der Waals surface area contributed by atoms with E-state index >= 15 is 0 Å². The summed E-state index contributed by atoms with van der Waals surface area (Å²) in [6.45, 7) is 6.14. The maximum absolute atomic E-state index is 12.7. The monoisotopic (exact) mass is 368 g/mol. The van der Waals surface area contributed by atoms with Crippen LogP contribution >= 0.6 is 0 Å². The Morgan fingerprint density at radius 3 is 2.15 bits per heavy atom. The first-order valence-electron chi connectivity index (χ1n) is 9.12. The number of para-hydroxylation sites is 1. The molecule has 2 aromatic rings. The zero-order valence-corrected chi connectivity index (χ0v) is 16.7. The summed E-state index contributed by atoms with van der Waals surface area (Å²) in [6, 6.07) is 15.1. The van der Waals surface area contributed by atoms with Crippen molar-refractivity contribution in [2.75, 3.05) is 20.7 Å². The van der Waals surface area contributed by atoms with E-state index < -0.39 is 0 Å². The minimum absolute atomic E-state index is 0.108. The van der Waals surface area contributed by atoms with Gasteiger partial charge in [0.15, 0.2) is 6.61 Å². The van der Waals surface area contributed by atoms with Crippen molar-refractivity contribution < 1.29 is 14.3 Å². The lowest BCUT2D eigenvalue weighted by Gasteiger charge is -2.17. The third-order valence-electron chi connectivity index (χ3n) is 4.43. The number of ether oxygens (including phenoxy) is 1. The average Bonchev–Trinajstić information content (AvgIpc) is 2.66. The Balaban J connectivity index is 2.07. The highest BCUT2D eigenvalue weighted by Gasteiger charge is 2.16. The van der Waals surface area contributed by atoms with E-state index in [1.165, 1.54) is 10.5 Å². The molecular weight excluding hydrogens is 340 g/mol. The lowest BCUT2D eigenvalue weighted by Crippen LogP contribution is -2.29. The van der Waals surface area contributed by atoms with Gasteiger partial charge < -0.3 is 15.0 Å². The highest BCUT2D eigenvalue weighted by Crippen LogP contribution is 2.21. The zero-order chi connectivity index (χ0) is 20.0. The summed E-state index contributed by atoms with van der Waals surface area (Å²) in [5, 5.41) is 3.00. The van der Waals surface area contributed by atoms with Crippen LogP contribution in [-0.2, 0) is 4.79 Å². The molecule has 0 heterocycles. The summed E-state index contributed by atoms with van der Waals surface area (Å²) < 4.78 is 5.56. The number of rotatable bonds is 7. The van der Waals surface area contributed by atoms with Gasteiger partial charge in [0.05, 0.1) is 11.6 Å². The standard InChI is InChI=1S/C22H28N2O3/c1-15(2)17-10-12-18(13-11-17)16(3)23-22(26)19-8-6-7-9-20(19)27-14-21(25)24(4)5/h6-13,15-16H,14H2,1-5H3,(H,23,26). The summed E-state index contributed by atoms with van der Waals surface area (Å²) in [5.74, 6) is 0.470. The maximum Gasteiger partial charge on any atom is 0.259 e. The van der Waals surface area contributed by atoms with Gasteiger partial charge in [-0.3, -0.25) is 9.59 Å². The number of likely N-dealkylation sites (N-methyl/N-ethyl adjacent to an activating group) is 1. The van der Waals surface area contributed by atoms with Crippen molar-refractivity contribution in [3.8, 4) is 5.75 Å². The van der Waals surface area contributed by atoms with Crippen molar-refractivity contribution >= 4 is 11.8 Å². The molecule has 1 N–H and O–H groups in total. The van der Waals surface area contributed by atoms with Crippen LogP contribution in [0.15, 0.2) is 48.5 Å². The number of hydrogen-bond acceptors (Lipinski definition) is 3. The number of amides is 2. The first kappa shape index (κ1) is 20.5. The molecule has 0 aromatic heterocycles. The van der Waals surface area contributed by atoms with Crippen LogP contribution < -0.4 is 10.1 Å². The normalized spacial score (nSPS) is 11.8. The van der Waals surface area contributed by atoms with E-state index in [1.54, 1.807) is 38.4 Å². The minimum Gasteiger partial charge on any atom is -0.483 e. The van der Waals surface area contributed by atoms with E-state index in [1.807, 2.05) is 19.1 Å².